The fourth-order valence-corrected chi connectivity index (χ4v) is 2.99. The second-order valence-electron chi connectivity index (χ2n) is 5.97. The number of ether oxygens (including phenoxy) is 1. The van der Waals surface area contributed by atoms with Crippen molar-refractivity contribution in [2.75, 3.05) is 20.2 Å². The van der Waals surface area contributed by atoms with Gasteiger partial charge in [-0.3, -0.25) is 9.69 Å². The minimum Gasteiger partial charge on any atom is -0.497 e. The van der Waals surface area contributed by atoms with Crippen LogP contribution in [0.4, 0.5) is 0 Å². The van der Waals surface area contributed by atoms with E-state index in [1.165, 1.54) is 5.56 Å². The zero-order valence-corrected chi connectivity index (χ0v) is 13.0. The summed E-state index contributed by atoms with van der Waals surface area (Å²) in [5.74, 6) is 0.774. The molecule has 1 aliphatic rings. The number of nitrogens with two attached hydrogens (primary N) is 1. The Hall–Kier alpha value is -1.55. The number of likely N-dealkylation sites (tertiary alicyclic amines) is 1. The van der Waals surface area contributed by atoms with Gasteiger partial charge < -0.3 is 10.5 Å². The van der Waals surface area contributed by atoms with E-state index in [9.17, 15) is 4.79 Å². The van der Waals surface area contributed by atoms with E-state index in [2.05, 4.69) is 24.0 Å². The van der Waals surface area contributed by atoms with Crippen LogP contribution in [-0.2, 0) is 11.2 Å². The Kier molecular flexibility index (Phi) is 5.62. The molecule has 1 amide bonds. The Morgan fingerprint density at radius 3 is 2.76 bits per heavy atom. The minimum absolute atomic E-state index is 0.0298. The summed E-state index contributed by atoms with van der Waals surface area (Å²) in [4.78, 5) is 13.8. The Morgan fingerprint density at radius 1 is 1.43 bits per heavy atom. The maximum Gasteiger partial charge on any atom is 0.221 e. The Bertz CT molecular complexity index is 458. The first-order valence-corrected chi connectivity index (χ1v) is 7.76. The number of nitrogens with zero attached hydrogens (tertiary/aromatic N) is 1. The van der Waals surface area contributed by atoms with E-state index >= 15 is 0 Å². The summed E-state index contributed by atoms with van der Waals surface area (Å²) < 4.78 is 5.17. The molecule has 4 nitrogen and oxygen atoms in total. The molecule has 116 valence electrons. The predicted octanol–water partition coefficient (Wildman–Crippen LogP) is 2.21. The van der Waals surface area contributed by atoms with E-state index in [4.69, 9.17) is 10.5 Å². The third kappa shape index (κ3) is 4.46. The van der Waals surface area contributed by atoms with Crippen LogP contribution in [0.2, 0.25) is 0 Å². The Morgan fingerprint density at radius 2 is 2.14 bits per heavy atom. The summed E-state index contributed by atoms with van der Waals surface area (Å²) in [5, 5.41) is 0. The van der Waals surface area contributed by atoms with Gasteiger partial charge >= 0.3 is 0 Å². The SMILES string of the molecule is COc1ccc(CC[C@@H](C)N2CCC[C@@H](C(N)=O)C2)cc1. The van der Waals surface area contributed by atoms with E-state index in [0.29, 0.717) is 6.04 Å². The van der Waals surface area contributed by atoms with Gasteiger partial charge in [0.05, 0.1) is 13.0 Å². The molecule has 1 fully saturated rings. The molecule has 0 bridgehead atoms. The molecule has 2 N–H and O–H groups in total. The first-order valence-electron chi connectivity index (χ1n) is 7.76. The minimum atomic E-state index is -0.151. The van der Waals surface area contributed by atoms with Gasteiger partial charge in [0.1, 0.15) is 5.75 Å². The molecule has 0 unspecified atom stereocenters. The van der Waals surface area contributed by atoms with Crippen LogP contribution < -0.4 is 10.5 Å². The van der Waals surface area contributed by atoms with Crippen molar-refractivity contribution in [2.45, 2.75) is 38.6 Å². The predicted molar refractivity (Wildman–Crippen MR) is 84.3 cm³/mol. The molecule has 0 spiro atoms. The van der Waals surface area contributed by atoms with Crippen LogP contribution in [0.3, 0.4) is 0 Å². The molecule has 2 rings (SSSR count). The molecule has 0 saturated carbocycles. The second kappa shape index (κ2) is 7.46. The summed E-state index contributed by atoms with van der Waals surface area (Å²) in [6.45, 7) is 4.14. The standard InChI is InChI=1S/C17H26N2O2/c1-13(19-11-3-4-15(12-19)17(18)20)5-6-14-7-9-16(21-2)10-8-14/h7-10,13,15H,3-6,11-12H2,1-2H3,(H2,18,20)/t13-,15-/m1/s1. The maximum atomic E-state index is 11.3. The van der Waals surface area contributed by atoms with E-state index in [0.717, 1.165) is 44.5 Å². The number of aryl methyl sites for hydroxylation is 1. The van der Waals surface area contributed by atoms with Gasteiger partial charge in [0, 0.05) is 12.6 Å². The van der Waals surface area contributed by atoms with Gasteiger partial charge in [0.25, 0.3) is 0 Å². The lowest BCUT2D eigenvalue weighted by Gasteiger charge is -2.35. The zero-order valence-electron chi connectivity index (χ0n) is 13.0. The number of benzene rings is 1. The average molecular weight is 290 g/mol. The summed E-state index contributed by atoms with van der Waals surface area (Å²) in [6, 6.07) is 8.73. The molecule has 1 aromatic rings. The average Bonchev–Trinajstić information content (AvgIpc) is 2.53. The van der Waals surface area contributed by atoms with Gasteiger partial charge in [-0.15, -0.1) is 0 Å². The number of methoxy groups -OCH3 is 1. The summed E-state index contributed by atoms with van der Waals surface area (Å²) in [5.41, 5.74) is 6.77. The molecule has 1 aliphatic heterocycles. The number of carbonyl (C=O) groups is 1. The summed E-state index contributed by atoms with van der Waals surface area (Å²) in [7, 11) is 1.68. The van der Waals surface area contributed by atoms with Gasteiger partial charge in [-0.25, -0.2) is 0 Å². The quantitative estimate of drug-likeness (QED) is 0.874. The fourth-order valence-electron chi connectivity index (χ4n) is 2.99. The lowest BCUT2D eigenvalue weighted by molar-refractivity contribution is -0.123. The topological polar surface area (TPSA) is 55.6 Å². The van der Waals surface area contributed by atoms with Crippen molar-refractivity contribution in [3.05, 3.63) is 29.8 Å². The van der Waals surface area contributed by atoms with Gasteiger partial charge in [-0.05, 0) is 56.8 Å². The monoisotopic (exact) mass is 290 g/mol. The van der Waals surface area contributed by atoms with Crippen molar-refractivity contribution >= 4 is 5.91 Å². The number of primary amides is 1. The number of rotatable bonds is 6. The molecule has 0 radical (unpaired) electrons. The first-order chi connectivity index (χ1) is 10.1. The van der Waals surface area contributed by atoms with Crippen molar-refractivity contribution in [1.29, 1.82) is 0 Å². The molecule has 4 heteroatoms. The highest BCUT2D eigenvalue weighted by Gasteiger charge is 2.26. The first kappa shape index (κ1) is 15.8. The number of hydrogen-bond acceptors (Lipinski definition) is 3. The van der Waals surface area contributed by atoms with Crippen LogP contribution in [0.5, 0.6) is 5.75 Å². The molecule has 1 saturated heterocycles. The molecule has 21 heavy (non-hydrogen) atoms. The summed E-state index contributed by atoms with van der Waals surface area (Å²) in [6.07, 6.45) is 4.15. The third-order valence-electron chi connectivity index (χ3n) is 4.49. The van der Waals surface area contributed by atoms with Crippen molar-refractivity contribution in [3.63, 3.8) is 0 Å². The zero-order chi connectivity index (χ0) is 15.2. The lowest BCUT2D eigenvalue weighted by Crippen LogP contribution is -2.45. The normalized spacial score (nSPS) is 21.0. The van der Waals surface area contributed by atoms with Crippen LogP contribution in [0, 0.1) is 5.92 Å². The van der Waals surface area contributed by atoms with Crippen LogP contribution in [-0.4, -0.2) is 37.0 Å². The number of carbonyl (C=O) groups excluding carboxylic acids is 1. The number of hydrogen-bond donors (Lipinski definition) is 1. The maximum absolute atomic E-state index is 11.3. The molecular formula is C17H26N2O2. The van der Waals surface area contributed by atoms with Gasteiger partial charge in [0.15, 0.2) is 0 Å². The molecule has 0 aliphatic carbocycles. The largest absolute Gasteiger partial charge is 0.497 e. The van der Waals surface area contributed by atoms with Crippen LogP contribution in [0.1, 0.15) is 31.7 Å². The highest BCUT2D eigenvalue weighted by molar-refractivity contribution is 5.76. The van der Waals surface area contributed by atoms with Crippen LogP contribution in [0.15, 0.2) is 24.3 Å². The van der Waals surface area contributed by atoms with E-state index in [1.54, 1.807) is 7.11 Å². The lowest BCUT2D eigenvalue weighted by atomic mass is 9.95. The van der Waals surface area contributed by atoms with Gasteiger partial charge in [-0.1, -0.05) is 12.1 Å². The molecule has 2 atom stereocenters. The van der Waals surface area contributed by atoms with Crippen molar-refractivity contribution in [2.24, 2.45) is 11.7 Å². The highest BCUT2D eigenvalue weighted by Crippen LogP contribution is 2.21. The molecule has 0 aromatic heterocycles. The Labute approximate surface area is 127 Å². The van der Waals surface area contributed by atoms with Gasteiger partial charge in [0.2, 0.25) is 5.91 Å². The van der Waals surface area contributed by atoms with E-state index in [1.807, 2.05) is 12.1 Å². The number of amides is 1. The third-order valence-corrected chi connectivity index (χ3v) is 4.49. The second-order valence-corrected chi connectivity index (χ2v) is 5.97. The van der Waals surface area contributed by atoms with Crippen LogP contribution in [0.25, 0.3) is 0 Å². The number of piperidine rings is 1. The van der Waals surface area contributed by atoms with Gasteiger partial charge in [-0.2, -0.15) is 0 Å². The molecular weight excluding hydrogens is 264 g/mol. The van der Waals surface area contributed by atoms with Crippen molar-refractivity contribution in [1.82, 2.24) is 4.90 Å². The van der Waals surface area contributed by atoms with E-state index in [-0.39, 0.29) is 11.8 Å². The molecule has 1 aromatic carbocycles. The van der Waals surface area contributed by atoms with Crippen molar-refractivity contribution in [3.8, 4) is 5.75 Å². The molecule has 1 heterocycles. The smallest absolute Gasteiger partial charge is 0.221 e. The Balaban J connectivity index is 1.83. The highest BCUT2D eigenvalue weighted by atomic mass is 16.5. The van der Waals surface area contributed by atoms with Crippen molar-refractivity contribution < 1.29 is 9.53 Å². The van der Waals surface area contributed by atoms with E-state index < -0.39 is 0 Å². The van der Waals surface area contributed by atoms with Crippen LogP contribution >= 0.6 is 0 Å². The summed E-state index contributed by atoms with van der Waals surface area (Å²) >= 11 is 0. The fraction of sp³-hybridized carbons (Fsp3) is 0.588.